The van der Waals surface area contributed by atoms with Crippen molar-refractivity contribution in [2.45, 2.75) is 12.1 Å². The molecule has 7 nitrogen and oxygen atoms in total. The first-order valence-corrected chi connectivity index (χ1v) is 7.47. The maximum Gasteiger partial charge on any atom is 0.263 e. The molecule has 2 heterocycles. The van der Waals surface area contributed by atoms with Crippen molar-refractivity contribution in [1.29, 1.82) is 0 Å². The minimum absolute atomic E-state index is 0.330. The van der Waals surface area contributed by atoms with Crippen molar-refractivity contribution in [2.75, 3.05) is 17.0 Å². The summed E-state index contributed by atoms with van der Waals surface area (Å²) in [5.74, 6) is -0.0443. The van der Waals surface area contributed by atoms with E-state index in [2.05, 4.69) is 10.3 Å². The Kier molecular flexibility index (Phi) is 3.26. The molecule has 2 aliphatic rings. The molecule has 4 rings (SSSR count). The zero-order valence-corrected chi connectivity index (χ0v) is 12.9. The Morgan fingerprint density at radius 2 is 1.71 bits per heavy atom. The van der Waals surface area contributed by atoms with Crippen LogP contribution in [0.15, 0.2) is 64.9 Å². The van der Waals surface area contributed by atoms with Gasteiger partial charge in [-0.15, -0.1) is 0 Å². The number of benzene rings is 2. The quantitative estimate of drug-likeness (QED) is 0.812. The van der Waals surface area contributed by atoms with E-state index in [0.29, 0.717) is 17.1 Å². The molecule has 1 saturated heterocycles. The third-order valence-corrected chi connectivity index (χ3v) is 4.11. The SMILES string of the molecule is COc1cccc(N2N=N[C@H]3C(=O)N(c4ccccc4)C(=O)[C@H]32)c1. The number of amides is 2. The topological polar surface area (TPSA) is 74.6 Å². The summed E-state index contributed by atoms with van der Waals surface area (Å²) >= 11 is 0. The Balaban J connectivity index is 1.70. The highest BCUT2D eigenvalue weighted by molar-refractivity contribution is 6.26. The van der Waals surface area contributed by atoms with Crippen LogP contribution < -0.4 is 14.6 Å². The summed E-state index contributed by atoms with van der Waals surface area (Å²) < 4.78 is 5.20. The van der Waals surface area contributed by atoms with Crippen molar-refractivity contribution in [3.05, 3.63) is 54.6 Å². The van der Waals surface area contributed by atoms with Gasteiger partial charge in [0.25, 0.3) is 11.8 Å². The molecule has 0 aliphatic carbocycles. The number of rotatable bonds is 3. The predicted molar refractivity (Wildman–Crippen MR) is 86.8 cm³/mol. The van der Waals surface area contributed by atoms with E-state index in [0.717, 1.165) is 0 Å². The predicted octanol–water partition coefficient (Wildman–Crippen LogP) is 2.19. The second-order valence-corrected chi connectivity index (χ2v) is 5.49. The number of ether oxygens (including phenoxy) is 1. The number of imide groups is 1. The van der Waals surface area contributed by atoms with Crippen LogP contribution >= 0.6 is 0 Å². The lowest BCUT2D eigenvalue weighted by molar-refractivity contribution is -0.121. The van der Waals surface area contributed by atoms with Crippen LogP contribution in [0.3, 0.4) is 0 Å². The third-order valence-electron chi connectivity index (χ3n) is 4.11. The first-order chi connectivity index (χ1) is 11.7. The zero-order valence-electron chi connectivity index (χ0n) is 12.9. The molecule has 0 N–H and O–H groups in total. The Labute approximate surface area is 138 Å². The van der Waals surface area contributed by atoms with Crippen molar-refractivity contribution >= 4 is 23.2 Å². The number of nitrogens with zero attached hydrogens (tertiary/aromatic N) is 4. The fourth-order valence-corrected chi connectivity index (χ4v) is 2.96. The normalized spacial score (nSPS) is 22.2. The molecule has 2 aromatic carbocycles. The van der Waals surface area contributed by atoms with Gasteiger partial charge in [-0.2, -0.15) is 5.11 Å². The maximum atomic E-state index is 12.8. The first-order valence-electron chi connectivity index (χ1n) is 7.47. The molecule has 24 heavy (non-hydrogen) atoms. The van der Waals surface area contributed by atoms with Crippen molar-refractivity contribution in [1.82, 2.24) is 0 Å². The van der Waals surface area contributed by atoms with E-state index in [-0.39, 0.29) is 11.8 Å². The summed E-state index contributed by atoms with van der Waals surface area (Å²) in [6, 6.07) is 14.4. The third kappa shape index (κ3) is 2.05. The van der Waals surface area contributed by atoms with Crippen molar-refractivity contribution in [3.63, 3.8) is 0 Å². The molecule has 120 valence electrons. The molecule has 0 unspecified atom stereocenters. The Morgan fingerprint density at radius 1 is 0.958 bits per heavy atom. The highest BCUT2D eigenvalue weighted by Gasteiger charge is 2.55. The van der Waals surface area contributed by atoms with E-state index in [4.69, 9.17) is 4.74 Å². The lowest BCUT2D eigenvalue weighted by atomic mass is 10.1. The standard InChI is InChI=1S/C17H14N4O3/c1-24-13-9-5-8-12(10-13)21-15-14(18-19-21)16(22)20(17(15)23)11-6-3-2-4-7-11/h2-10,14-15H,1H3/t14-,15+/m1/s1. The van der Waals surface area contributed by atoms with Crippen LogP contribution in [0.5, 0.6) is 5.75 Å². The van der Waals surface area contributed by atoms with Crippen LogP contribution in [0.4, 0.5) is 11.4 Å². The van der Waals surface area contributed by atoms with E-state index in [1.165, 1.54) is 9.91 Å². The molecule has 0 spiro atoms. The molecule has 2 aliphatic heterocycles. The molecule has 2 atom stereocenters. The zero-order chi connectivity index (χ0) is 16.7. The van der Waals surface area contributed by atoms with Crippen LogP contribution in [-0.2, 0) is 9.59 Å². The number of carbonyl (C=O) groups is 2. The average molecular weight is 322 g/mol. The van der Waals surface area contributed by atoms with Gasteiger partial charge < -0.3 is 4.74 Å². The maximum absolute atomic E-state index is 12.8. The summed E-state index contributed by atoms with van der Waals surface area (Å²) in [5.41, 5.74) is 1.20. The van der Waals surface area contributed by atoms with Gasteiger partial charge in [-0.1, -0.05) is 29.5 Å². The fraction of sp³-hybridized carbons (Fsp3) is 0.176. The van der Waals surface area contributed by atoms with E-state index >= 15 is 0 Å². The van der Waals surface area contributed by atoms with Gasteiger partial charge in [0, 0.05) is 6.07 Å². The van der Waals surface area contributed by atoms with Crippen molar-refractivity contribution < 1.29 is 14.3 Å². The summed E-state index contributed by atoms with van der Waals surface area (Å²) in [5, 5.41) is 9.53. The lowest BCUT2D eigenvalue weighted by Crippen LogP contribution is -2.39. The largest absolute Gasteiger partial charge is 0.497 e. The summed E-state index contributed by atoms with van der Waals surface area (Å²) in [7, 11) is 1.56. The van der Waals surface area contributed by atoms with Gasteiger partial charge in [0.15, 0.2) is 12.1 Å². The van der Waals surface area contributed by atoms with Crippen molar-refractivity contribution in [3.8, 4) is 5.75 Å². The highest BCUT2D eigenvalue weighted by atomic mass is 16.5. The van der Waals surface area contributed by atoms with Gasteiger partial charge in [0.1, 0.15) is 5.75 Å². The minimum Gasteiger partial charge on any atom is -0.497 e. The average Bonchev–Trinajstić information content (AvgIpc) is 3.16. The molecule has 0 saturated carbocycles. The smallest absolute Gasteiger partial charge is 0.263 e. The van der Waals surface area contributed by atoms with Crippen LogP contribution in [0.2, 0.25) is 0 Å². The first kappa shape index (κ1) is 14.4. The molecule has 2 aromatic rings. The fourth-order valence-electron chi connectivity index (χ4n) is 2.96. The summed E-state index contributed by atoms with van der Waals surface area (Å²) in [6.07, 6.45) is 0. The number of fused-ring (bicyclic) bond motifs is 1. The van der Waals surface area contributed by atoms with E-state index in [9.17, 15) is 9.59 Å². The number of hydrogen-bond donors (Lipinski definition) is 0. The number of para-hydroxylation sites is 1. The molecule has 0 aromatic heterocycles. The summed E-state index contributed by atoms with van der Waals surface area (Å²) in [6.45, 7) is 0. The van der Waals surface area contributed by atoms with Gasteiger partial charge in [0.05, 0.1) is 18.5 Å². The van der Waals surface area contributed by atoms with Crippen LogP contribution in [0.25, 0.3) is 0 Å². The van der Waals surface area contributed by atoms with Gasteiger partial charge >= 0.3 is 0 Å². The Morgan fingerprint density at radius 3 is 2.46 bits per heavy atom. The van der Waals surface area contributed by atoms with E-state index in [1.807, 2.05) is 6.07 Å². The molecule has 0 bridgehead atoms. The molecular formula is C17H14N4O3. The number of methoxy groups -OCH3 is 1. The minimum atomic E-state index is -0.816. The molecular weight excluding hydrogens is 308 g/mol. The number of anilines is 2. The Hall–Kier alpha value is -3.22. The molecule has 1 fully saturated rings. The molecule has 7 heteroatoms. The second-order valence-electron chi connectivity index (χ2n) is 5.49. The number of hydrogen-bond acceptors (Lipinski definition) is 6. The van der Waals surface area contributed by atoms with Crippen LogP contribution in [-0.4, -0.2) is 31.0 Å². The monoisotopic (exact) mass is 322 g/mol. The van der Waals surface area contributed by atoms with Gasteiger partial charge in [-0.05, 0) is 24.3 Å². The van der Waals surface area contributed by atoms with Crippen LogP contribution in [0, 0.1) is 0 Å². The number of carbonyl (C=O) groups excluding carboxylic acids is 2. The Bertz CT molecular complexity index is 837. The van der Waals surface area contributed by atoms with E-state index in [1.54, 1.807) is 55.6 Å². The van der Waals surface area contributed by atoms with E-state index < -0.39 is 12.1 Å². The molecule has 2 amide bonds. The molecule has 0 radical (unpaired) electrons. The van der Waals surface area contributed by atoms with Crippen molar-refractivity contribution in [2.24, 2.45) is 10.3 Å². The van der Waals surface area contributed by atoms with Gasteiger partial charge in [-0.25, -0.2) is 9.91 Å². The van der Waals surface area contributed by atoms with Gasteiger partial charge in [0.2, 0.25) is 0 Å². The highest BCUT2D eigenvalue weighted by Crippen LogP contribution is 2.35. The van der Waals surface area contributed by atoms with Crippen LogP contribution in [0.1, 0.15) is 0 Å². The summed E-state index contributed by atoms with van der Waals surface area (Å²) in [4.78, 5) is 26.6. The second kappa shape index (κ2) is 5.45. The van der Waals surface area contributed by atoms with Gasteiger partial charge in [-0.3, -0.25) is 9.59 Å². The lowest BCUT2D eigenvalue weighted by Gasteiger charge is -2.20.